The van der Waals surface area contributed by atoms with Gasteiger partial charge in [0.25, 0.3) is 0 Å². The van der Waals surface area contributed by atoms with Crippen molar-refractivity contribution in [1.29, 1.82) is 0 Å². The maximum absolute atomic E-state index is 12.7. The first kappa shape index (κ1) is 21.6. The lowest BCUT2D eigenvalue weighted by atomic mass is 9.83. The third kappa shape index (κ3) is 5.05. The number of hydrogen-bond donors (Lipinski definition) is 2. The van der Waals surface area contributed by atoms with E-state index in [1.165, 1.54) is 0 Å². The van der Waals surface area contributed by atoms with Crippen molar-refractivity contribution in [3.63, 3.8) is 0 Å². The minimum absolute atomic E-state index is 0. The molecule has 5 nitrogen and oxygen atoms in total. The highest BCUT2D eigenvalue weighted by Crippen LogP contribution is 2.33. The molecule has 6 heteroatoms. The van der Waals surface area contributed by atoms with Crippen LogP contribution in [0.4, 0.5) is 5.69 Å². The average molecular weight is 379 g/mol. The van der Waals surface area contributed by atoms with E-state index in [0.717, 1.165) is 23.2 Å². The molecule has 0 aliphatic heterocycles. The van der Waals surface area contributed by atoms with E-state index in [-0.39, 0.29) is 18.3 Å². The molecule has 0 fully saturated rings. The molecule has 0 unspecified atom stereocenters. The van der Waals surface area contributed by atoms with Crippen LogP contribution in [0.3, 0.4) is 0 Å². The fourth-order valence-corrected chi connectivity index (χ4v) is 2.58. The van der Waals surface area contributed by atoms with E-state index in [0.29, 0.717) is 18.0 Å². The monoisotopic (exact) mass is 378 g/mol. The van der Waals surface area contributed by atoms with E-state index in [2.05, 4.69) is 5.32 Å². The van der Waals surface area contributed by atoms with Crippen LogP contribution in [0.25, 0.3) is 0 Å². The minimum atomic E-state index is -0.680. The van der Waals surface area contributed by atoms with Gasteiger partial charge in [0.1, 0.15) is 0 Å². The van der Waals surface area contributed by atoms with Crippen LogP contribution in [-0.4, -0.2) is 26.7 Å². The van der Waals surface area contributed by atoms with Gasteiger partial charge in [-0.1, -0.05) is 18.2 Å². The van der Waals surface area contributed by atoms with Crippen molar-refractivity contribution in [3.8, 4) is 11.5 Å². The lowest BCUT2D eigenvalue weighted by Crippen LogP contribution is -2.40. The largest absolute Gasteiger partial charge is 0.493 e. The second-order valence-corrected chi connectivity index (χ2v) is 6.44. The van der Waals surface area contributed by atoms with Gasteiger partial charge in [-0.25, -0.2) is 0 Å². The molecule has 0 aromatic heterocycles. The van der Waals surface area contributed by atoms with Gasteiger partial charge in [0.2, 0.25) is 5.91 Å². The maximum atomic E-state index is 12.7. The number of methoxy groups -OCH3 is 2. The summed E-state index contributed by atoms with van der Waals surface area (Å²) in [6.07, 6.45) is 0.758. The zero-order valence-electron chi connectivity index (χ0n) is 15.7. The molecule has 0 saturated carbocycles. The molecule has 0 aliphatic rings. The van der Waals surface area contributed by atoms with E-state index >= 15 is 0 Å². The number of amides is 1. The second kappa shape index (κ2) is 9.34. The summed E-state index contributed by atoms with van der Waals surface area (Å²) in [5.41, 5.74) is 7.75. The molecule has 142 valence electrons. The number of nitrogens with one attached hydrogen (secondary N) is 1. The van der Waals surface area contributed by atoms with Crippen LogP contribution in [0, 0.1) is 0 Å². The van der Waals surface area contributed by atoms with E-state index in [9.17, 15) is 4.79 Å². The average Bonchev–Trinajstić information content (AvgIpc) is 2.62. The highest BCUT2D eigenvalue weighted by atomic mass is 35.5. The normalized spacial score (nSPS) is 10.6. The smallest absolute Gasteiger partial charge is 0.230 e. The highest BCUT2D eigenvalue weighted by molar-refractivity contribution is 5.87. The summed E-state index contributed by atoms with van der Waals surface area (Å²) in [6.45, 7) is 4.36. The molecule has 0 saturated heterocycles. The Kier molecular flexibility index (Phi) is 7.77. The molecule has 0 heterocycles. The highest BCUT2D eigenvalue weighted by Gasteiger charge is 2.30. The predicted octanol–water partition coefficient (Wildman–Crippen LogP) is 3.34. The third-order valence-corrected chi connectivity index (χ3v) is 4.35. The summed E-state index contributed by atoms with van der Waals surface area (Å²) < 4.78 is 10.6. The van der Waals surface area contributed by atoms with Crippen molar-refractivity contribution in [1.82, 2.24) is 5.32 Å². The number of ether oxygens (including phenoxy) is 2. The van der Waals surface area contributed by atoms with Crippen LogP contribution in [0.2, 0.25) is 0 Å². The van der Waals surface area contributed by atoms with Crippen molar-refractivity contribution in [2.75, 3.05) is 26.5 Å². The number of rotatable bonds is 7. The fourth-order valence-electron chi connectivity index (χ4n) is 2.58. The van der Waals surface area contributed by atoms with Gasteiger partial charge in [0.05, 0.1) is 19.6 Å². The Bertz CT molecular complexity index is 730. The van der Waals surface area contributed by atoms with Crippen LogP contribution >= 0.6 is 12.4 Å². The van der Waals surface area contributed by atoms with Crippen molar-refractivity contribution in [3.05, 3.63) is 53.6 Å². The minimum Gasteiger partial charge on any atom is -0.493 e. The number of hydrogen-bond acceptors (Lipinski definition) is 4. The van der Waals surface area contributed by atoms with Gasteiger partial charge in [0, 0.05) is 12.2 Å². The first-order chi connectivity index (χ1) is 11.9. The van der Waals surface area contributed by atoms with Crippen LogP contribution in [0.15, 0.2) is 42.5 Å². The molecule has 0 atom stereocenters. The van der Waals surface area contributed by atoms with Crippen molar-refractivity contribution < 1.29 is 14.3 Å². The Hall–Kier alpha value is -2.40. The van der Waals surface area contributed by atoms with E-state index < -0.39 is 5.41 Å². The van der Waals surface area contributed by atoms with Gasteiger partial charge in [0.15, 0.2) is 11.5 Å². The summed E-state index contributed by atoms with van der Waals surface area (Å²) in [6, 6.07) is 13.2. The zero-order chi connectivity index (χ0) is 18.4. The number of nitrogens with two attached hydrogens (primary N) is 1. The molecular formula is C20H27ClN2O3. The Morgan fingerprint density at radius 2 is 1.65 bits per heavy atom. The quantitative estimate of drug-likeness (QED) is 0.724. The first-order valence-corrected chi connectivity index (χ1v) is 8.23. The standard InChI is InChI=1S/C20H26N2O3.ClH/c1-20(2,15-7-10-17(24-3)18(13-15)25-4)19(23)22-12-11-14-5-8-16(21)9-6-14;/h5-10,13H,11-12,21H2,1-4H3,(H,22,23);1H. The summed E-state index contributed by atoms with van der Waals surface area (Å²) in [5.74, 6) is 1.23. The van der Waals surface area contributed by atoms with Gasteiger partial charge < -0.3 is 20.5 Å². The lowest BCUT2D eigenvalue weighted by molar-refractivity contribution is -0.125. The summed E-state index contributed by atoms with van der Waals surface area (Å²) in [4.78, 5) is 12.7. The molecular weight excluding hydrogens is 352 g/mol. The summed E-state index contributed by atoms with van der Waals surface area (Å²) in [7, 11) is 3.17. The van der Waals surface area contributed by atoms with E-state index in [1.54, 1.807) is 14.2 Å². The van der Waals surface area contributed by atoms with Gasteiger partial charge in [-0.15, -0.1) is 12.4 Å². The zero-order valence-corrected chi connectivity index (χ0v) is 16.5. The maximum Gasteiger partial charge on any atom is 0.230 e. The van der Waals surface area contributed by atoms with Crippen molar-refractivity contribution >= 4 is 24.0 Å². The molecule has 0 aliphatic carbocycles. The number of carbonyl (C=O) groups excluding carboxylic acids is 1. The lowest BCUT2D eigenvalue weighted by Gasteiger charge is -2.25. The Labute approximate surface area is 161 Å². The Balaban J connectivity index is 0.00000338. The topological polar surface area (TPSA) is 73.6 Å². The van der Waals surface area contributed by atoms with Crippen LogP contribution in [0.5, 0.6) is 11.5 Å². The van der Waals surface area contributed by atoms with Crippen molar-refractivity contribution in [2.45, 2.75) is 25.7 Å². The molecule has 0 radical (unpaired) electrons. The molecule has 2 aromatic rings. The van der Waals surface area contributed by atoms with Gasteiger partial charge in [-0.3, -0.25) is 4.79 Å². The molecule has 2 rings (SSSR count). The molecule has 1 amide bonds. The molecule has 2 aromatic carbocycles. The number of anilines is 1. The van der Waals surface area contributed by atoms with E-state index in [4.69, 9.17) is 15.2 Å². The number of carbonyl (C=O) groups is 1. The number of benzene rings is 2. The van der Waals surface area contributed by atoms with Crippen LogP contribution in [0.1, 0.15) is 25.0 Å². The molecule has 3 N–H and O–H groups in total. The molecule has 26 heavy (non-hydrogen) atoms. The van der Waals surface area contributed by atoms with Gasteiger partial charge >= 0.3 is 0 Å². The Morgan fingerprint density at radius 3 is 2.23 bits per heavy atom. The van der Waals surface area contributed by atoms with Gasteiger partial charge in [-0.05, 0) is 55.7 Å². The van der Waals surface area contributed by atoms with E-state index in [1.807, 2.05) is 56.3 Å². The van der Waals surface area contributed by atoms with Crippen LogP contribution < -0.4 is 20.5 Å². The first-order valence-electron chi connectivity index (χ1n) is 8.23. The second-order valence-electron chi connectivity index (χ2n) is 6.44. The number of halogens is 1. The number of nitrogen functional groups attached to an aromatic ring is 1. The SMILES string of the molecule is COc1ccc(C(C)(C)C(=O)NCCc2ccc(N)cc2)cc1OC.Cl. The van der Waals surface area contributed by atoms with Crippen molar-refractivity contribution in [2.24, 2.45) is 0 Å². The van der Waals surface area contributed by atoms with Crippen LogP contribution in [-0.2, 0) is 16.6 Å². The summed E-state index contributed by atoms with van der Waals surface area (Å²) >= 11 is 0. The molecule has 0 spiro atoms. The predicted molar refractivity (Wildman–Crippen MR) is 107 cm³/mol. The fraction of sp³-hybridized carbons (Fsp3) is 0.350. The van der Waals surface area contributed by atoms with Gasteiger partial charge in [-0.2, -0.15) is 0 Å². The third-order valence-electron chi connectivity index (χ3n) is 4.35. The molecule has 0 bridgehead atoms. The Morgan fingerprint density at radius 1 is 1.04 bits per heavy atom. The summed E-state index contributed by atoms with van der Waals surface area (Å²) in [5, 5.41) is 3.01.